The van der Waals surface area contributed by atoms with Crippen LogP contribution in [-0.2, 0) is 13.3 Å². The van der Waals surface area contributed by atoms with Crippen molar-refractivity contribution in [2.24, 2.45) is 0 Å². The van der Waals surface area contributed by atoms with Crippen LogP contribution in [0.15, 0.2) is 54.9 Å². The van der Waals surface area contributed by atoms with Crippen LogP contribution < -0.4 is 10.1 Å². The maximum absolute atomic E-state index is 12.1. The average molecular weight is 336 g/mol. The van der Waals surface area contributed by atoms with E-state index in [1.165, 1.54) is 0 Å². The number of nitrogens with zero attached hydrogens (tertiary/aromatic N) is 3. The second kappa shape index (κ2) is 7.61. The van der Waals surface area contributed by atoms with Crippen molar-refractivity contribution in [2.45, 2.75) is 27.1 Å². The molecular formula is C19H20N4O2. The highest BCUT2D eigenvalue weighted by molar-refractivity contribution is 5.92. The van der Waals surface area contributed by atoms with Crippen molar-refractivity contribution in [3.8, 4) is 5.75 Å². The first-order valence-corrected chi connectivity index (χ1v) is 8.03. The number of amides is 1. The van der Waals surface area contributed by atoms with Crippen LogP contribution in [0.2, 0.25) is 0 Å². The Balaban J connectivity index is 1.55. The minimum absolute atomic E-state index is 0.240. The number of aryl methyl sites for hydroxylation is 2. The standard InChI is InChI=1S/C19H20N4O2/c1-14-9-15(2)11-17(10-14)25-13-23-8-6-18(22-23)19(24)21-12-16-5-3-4-7-20-16/h3-11H,12-13H2,1-2H3,(H,21,24). The summed E-state index contributed by atoms with van der Waals surface area (Å²) in [6.45, 7) is 4.66. The molecule has 2 heterocycles. The van der Waals surface area contributed by atoms with E-state index in [0.717, 1.165) is 22.6 Å². The van der Waals surface area contributed by atoms with Gasteiger partial charge in [-0.1, -0.05) is 12.1 Å². The number of carbonyl (C=O) groups excluding carboxylic acids is 1. The first-order chi connectivity index (χ1) is 12.1. The van der Waals surface area contributed by atoms with Gasteiger partial charge in [0.2, 0.25) is 0 Å². The Morgan fingerprint density at radius 1 is 1.16 bits per heavy atom. The summed E-state index contributed by atoms with van der Waals surface area (Å²) >= 11 is 0. The molecule has 0 saturated heterocycles. The van der Waals surface area contributed by atoms with Gasteiger partial charge in [-0.2, -0.15) is 5.10 Å². The predicted octanol–water partition coefficient (Wildman–Crippen LogP) is 2.86. The summed E-state index contributed by atoms with van der Waals surface area (Å²) < 4.78 is 7.33. The fraction of sp³-hybridized carbons (Fsp3) is 0.211. The van der Waals surface area contributed by atoms with Gasteiger partial charge in [-0.25, -0.2) is 4.68 Å². The summed E-state index contributed by atoms with van der Waals surface area (Å²) in [5.41, 5.74) is 3.43. The molecule has 0 aliphatic heterocycles. The zero-order valence-corrected chi connectivity index (χ0v) is 14.3. The van der Waals surface area contributed by atoms with Crippen LogP contribution >= 0.6 is 0 Å². The molecule has 6 nitrogen and oxygen atoms in total. The number of ether oxygens (including phenoxy) is 1. The zero-order valence-electron chi connectivity index (χ0n) is 14.3. The Kier molecular flexibility index (Phi) is 5.09. The van der Waals surface area contributed by atoms with E-state index in [9.17, 15) is 4.79 Å². The van der Waals surface area contributed by atoms with Crippen LogP contribution in [0.1, 0.15) is 27.3 Å². The monoisotopic (exact) mass is 336 g/mol. The number of pyridine rings is 1. The van der Waals surface area contributed by atoms with E-state index >= 15 is 0 Å². The summed E-state index contributed by atoms with van der Waals surface area (Å²) in [7, 11) is 0. The second-order valence-corrected chi connectivity index (χ2v) is 5.84. The minimum atomic E-state index is -0.240. The summed E-state index contributed by atoms with van der Waals surface area (Å²) in [6, 6.07) is 13.3. The third-order valence-electron chi connectivity index (χ3n) is 3.59. The van der Waals surface area contributed by atoms with Gasteiger partial charge in [-0.15, -0.1) is 0 Å². The van der Waals surface area contributed by atoms with Gasteiger partial charge in [0.15, 0.2) is 6.73 Å². The van der Waals surface area contributed by atoms with Crippen molar-refractivity contribution >= 4 is 5.91 Å². The molecular weight excluding hydrogens is 316 g/mol. The molecule has 0 atom stereocenters. The lowest BCUT2D eigenvalue weighted by molar-refractivity contribution is 0.0943. The Morgan fingerprint density at radius 2 is 1.96 bits per heavy atom. The SMILES string of the molecule is Cc1cc(C)cc(OCn2ccc(C(=O)NCc3ccccn3)n2)c1. The van der Waals surface area contributed by atoms with Crippen molar-refractivity contribution in [1.82, 2.24) is 20.1 Å². The highest BCUT2D eigenvalue weighted by atomic mass is 16.5. The van der Waals surface area contributed by atoms with Crippen LogP contribution in [-0.4, -0.2) is 20.7 Å². The van der Waals surface area contributed by atoms with Crippen LogP contribution in [0.5, 0.6) is 5.75 Å². The molecule has 1 N–H and O–H groups in total. The molecule has 0 fully saturated rings. The van der Waals surface area contributed by atoms with Gasteiger partial charge < -0.3 is 10.1 Å². The van der Waals surface area contributed by atoms with Gasteiger partial charge in [0.05, 0.1) is 12.2 Å². The Labute approximate surface area is 146 Å². The number of hydrogen-bond donors (Lipinski definition) is 1. The molecule has 128 valence electrons. The predicted molar refractivity (Wildman–Crippen MR) is 94.2 cm³/mol. The Bertz CT molecular complexity index is 839. The van der Waals surface area contributed by atoms with Crippen LogP contribution in [0.4, 0.5) is 0 Å². The fourth-order valence-corrected chi connectivity index (χ4v) is 2.48. The van der Waals surface area contributed by atoms with Crippen LogP contribution in [0, 0.1) is 13.8 Å². The van der Waals surface area contributed by atoms with Gasteiger partial charge in [-0.3, -0.25) is 9.78 Å². The average Bonchev–Trinajstić information content (AvgIpc) is 3.07. The molecule has 0 aliphatic rings. The van der Waals surface area contributed by atoms with E-state index < -0.39 is 0 Å². The quantitative estimate of drug-likeness (QED) is 0.751. The van der Waals surface area contributed by atoms with Gasteiger partial charge in [0.25, 0.3) is 5.91 Å². The van der Waals surface area contributed by atoms with Crippen molar-refractivity contribution < 1.29 is 9.53 Å². The largest absolute Gasteiger partial charge is 0.471 e. The summed E-state index contributed by atoms with van der Waals surface area (Å²) in [4.78, 5) is 16.3. The van der Waals surface area contributed by atoms with Gasteiger partial charge in [0.1, 0.15) is 11.4 Å². The topological polar surface area (TPSA) is 69.0 Å². The first kappa shape index (κ1) is 16.7. The molecule has 0 unspecified atom stereocenters. The van der Waals surface area contributed by atoms with Gasteiger partial charge >= 0.3 is 0 Å². The summed E-state index contributed by atoms with van der Waals surface area (Å²) in [5.74, 6) is 0.546. The van der Waals surface area contributed by atoms with E-state index in [-0.39, 0.29) is 12.6 Å². The van der Waals surface area contributed by atoms with E-state index in [1.807, 2.05) is 44.2 Å². The molecule has 3 rings (SSSR count). The zero-order chi connectivity index (χ0) is 17.6. The van der Waals surface area contributed by atoms with Crippen LogP contribution in [0.25, 0.3) is 0 Å². The molecule has 0 spiro atoms. The Hall–Kier alpha value is -3.15. The third-order valence-corrected chi connectivity index (χ3v) is 3.59. The number of hydrogen-bond acceptors (Lipinski definition) is 4. The Morgan fingerprint density at radius 3 is 2.68 bits per heavy atom. The number of carbonyl (C=O) groups is 1. The second-order valence-electron chi connectivity index (χ2n) is 5.84. The normalized spacial score (nSPS) is 10.5. The molecule has 3 aromatic rings. The molecule has 0 saturated carbocycles. The molecule has 0 bridgehead atoms. The van der Waals surface area contributed by atoms with Crippen molar-refractivity contribution in [3.63, 3.8) is 0 Å². The fourth-order valence-electron chi connectivity index (χ4n) is 2.48. The lowest BCUT2D eigenvalue weighted by Crippen LogP contribution is -2.24. The van der Waals surface area contributed by atoms with Crippen LogP contribution in [0.3, 0.4) is 0 Å². The summed E-state index contributed by atoms with van der Waals surface area (Å²) in [6.07, 6.45) is 3.42. The van der Waals surface area contributed by atoms with Gasteiger partial charge in [0, 0.05) is 12.4 Å². The van der Waals surface area contributed by atoms with E-state index in [4.69, 9.17) is 4.74 Å². The molecule has 25 heavy (non-hydrogen) atoms. The maximum atomic E-state index is 12.1. The van der Waals surface area contributed by atoms with E-state index in [1.54, 1.807) is 23.1 Å². The van der Waals surface area contributed by atoms with Crippen molar-refractivity contribution in [2.75, 3.05) is 0 Å². The minimum Gasteiger partial charge on any atom is -0.471 e. The highest BCUT2D eigenvalue weighted by Gasteiger charge is 2.09. The molecule has 0 aliphatic carbocycles. The summed E-state index contributed by atoms with van der Waals surface area (Å²) in [5, 5.41) is 7.04. The first-order valence-electron chi connectivity index (χ1n) is 8.03. The molecule has 1 aromatic carbocycles. The third kappa shape index (κ3) is 4.67. The van der Waals surface area contributed by atoms with Crippen molar-refractivity contribution in [3.05, 3.63) is 77.4 Å². The maximum Gasteiger partial charge on any atom is 0.272 e. The lowest BCUT2D eigenvalue weighted by Gasteiger charge is -2.08. The van der Waals surface area contributed by atoms with E-state index in [0.29, 0.717) is 12.2 Å². The van der Waals surface area contributed by atoms with Crippen molar-refractivity contribution in [1.29, 1.82) is 0 Å². The number of rotatable bonds is 6. The van der Waals surface area contributed by atoms with Gasteiger partial charge in [-0.05, 0) is 55.3 Å². The highest BCUT2D eigenvalue weighted by Crippen LogP contribution is 2.16. The number of nitrogens with one attached hydrogen (secondary N) is 1. The number of aromatic nitrogens is 3. The lowest BCUT2D eigenvalue weighted by atomic mass is 10.1. The molecule has 1 amide bonds. The molecule has 0 radical (unpaired) electrons. The molecule has 6 heteroatoms. The molecule has 2 aromatic heterocycles. The smallest absolute Gasteiger partial charge is 0.272 e. The van der Waals surface area contributed by atoms with E-state index in [2.05, 4.69) is 21.5 Å². The number of benzene rings is 1.